The van der Waals surface area contributed by atoms with Gasteiger partial charge in [-0.2, -0.15) is 0 Å². The topological polar surface area (TPSA) is 136 Å². The summed E-state index contributed by atoms with van der Waals surface area (Å²) in [6.07, 6.45) is -0.158. The zero-order valence-corrected chi connectivity index (χ0v) is 12.3. The first-order valence-corrected chi connectivity index (χ1v) is 7.37. The summed E-state index contributed by atoms with van der Waals surface area (Å²) in [5, 5.41) is 8.87. The maximum atomic E-state index is 12.2. The molecule has 1 rings (SSSR count). The summed E-state index contributed by atoms with van der Waals surface area (Å²) in [7, 11) is -2.74. The molecule has 1 aromatic rings. The Kier molecular flexibility index (Phi) is 5.28. The molecule has 0 heterocycles. The third-order valence-corrected chi connectivity index (χ3v) is 4.19. The fourth-order valence-corrected chi connectivity index (χ4v) is 3.09. The number of nitrogens with two attached hydrogens (primary N) is 1. The third-order valence-electron chi connectivity index (χ3n) is 2.56. The summed E-state index contributed by atoms with van der Waals surface area (Å²) in [6, 6.07) is 2.69. The first-order valence-electron chi connectivity index (χ1n) is 5.89. The number of carbonyl (C=O) groups is 2. The Balaban J connectivity index is 3.13. The lowest BCUT2D eigenvalue weighted by molar-refractivity contribution is -0.118. The van der Waals surface area contributed by atoms with Gasteiger partial charge in [0, 0.05) is 12.5 Å². The van der Waals surface area contributed by atoms with Crippen molar-refractivity contribution in [2.24, 2.45) is 5.73 Å². The number of sulfonamides is 1. The Labute approximate surface area is 122 Å². The van der Waals surface area contributed by atoms with E-state index in [1.165, 1.54) is 14.0 Å². The Morgan fingerprint density at radius 1 is 1.43 bits per heavy atom. The van der Waals surface area contributed by atoms with Crippen molar-refractivity contribution in [2.75, 3.05) is 7.11 Å². The van der Waals surface area contributed by atoms with E-state index in [1.807, 2.05) is 0 Å². The molecule has 116 valence electrons. The number of primary amides is 1. The van der Waals surface area contributed by atoms with Gasteiger partial charge in [-0.05, 0) is 25.1 Å². The van der Waals surface area contributed by atoms with E-state index < -0.39 is 27.9 Å². The summed E-state index contributed by atoms with van der Waals surface area (Å²) in [5.41, 5.74) is 4.90. The number of aromatic carboxylic acids is 1. The molecule has 1 unspecified atom stereocenters. The van der Waals surface area contributed by atoms with Crippen LogP contribution in [0.5, 0.6) is 5.75 Å². The van der Waals surface area contributed by atoms with Gasteiger partial charge in [0.15, 0.2) is 0 Å². The molecule has 0 fully saturated rings. The number of hydrogen-bond donors (Lipinski definition) is 3. The number of amides is 1. The van der Waals surface area contributed by atoms with Crippen LogP contribution in [-0.2, 0) is 14.8 Å². The molecule has 9 heteroatoms. The molecule has 4 N–H and O–H groups in total. The van der Waals surface area contributed by atoms with Gasteiger partial charge in [-0.15, -0.1) is 0 Å². The van der Waals surface area contributed by atoms with Crippen molar-refractivity contribution in [1.82, 2.24) is 4.72 Å². The first kappa shape index (κ1) is 16.9. The minimum absolute atomic E-state index is 0.101. The SMILES string of the molecule is COc1cc(C(=O)O)ccc1S(=O)(=O)NC(C)CC(N)=O. The largest absolute Gasteiger partial charge is 0.495 e. The van der Waals surface area contributed by atoms with E-state index >= 15 is 0 Å². The fourth-order valence-electron chi connectivity index (χ4n) is 1.69. The minimum Gasteiger partial charge on any atom is -0.495 e. The van der Waals surface area contributed by atoms with Crippen LogP contribution in [0.25, 0.3) is 0 Å². The van der Waals surface area contributed by atoms with Crippen LogP contribution >= 0.6 is 0 Å². The van der Waals surface area contributed by atoms with Crippen molar-refractivity contribution < 1.29 is 27.9 Å². The molecule has 1 atom stereocenters. The lowest BCUT2D eigenvalue weighted by atomic mass is 10.2. The second-order valence-electron chi connectivity index (χ2n) is 4.36. The molecule has 21 heavy (non-hydrogen) atoms. The van der Waals surface area contributed by atoms with Crippen molar-refractivity contribution in [2.45, 2.75) is 24.3 Å². The standard InChI is InChI=1S/C12H16N2O6S/c1-7(5-11(13)15)14-21(18,19)10-4-3-8(12(16)17)6-9(10)20-2/h3-4,6-7,14H,5H2,1-2H3,(H2,13,15)(H,16,17). The molecule has 1 aromatic carbocycles. The number of benzene rings is 1. The fraction of sp³-hybridized carbons (Fsp3) is 0.333. The first-order chi connectivity index (χ1) is 9.67. The molecule has 1 amide bonds. The van der Waals surface area contributed by atoms with Crippen molar-refractivity contribution in [3.05, 3.63) is 23.8 Å². The van der Waals surface area contributed by atoms with Crippen LogP contribution in [0.1, 0.15) is 23.7 Å². The van der Waals surface area contributed by atoms with Crippen LogP contribution in [-0.4, -0.2) is 38.6 Å². The normalized spacial score (nSPS) is 12.7. The smallest absolute Gasteiger partial charge is 0.335 e. The Hall–Kier alpha value is -2.13. The zero-order chi connectivity index (χ0) is 16.2. The number of hydrogen-bond acceptors (Lipinski definition) is 5. The average molecular weight is 316 g/mol. The average Bonchev–Trinajstić information content (AvgIpc) is 2.35. The van der Waals surface area contributed by atoms with E-state index in [9.17, 15) is 18.0 Å². The molecular weight excluding hydrogens is 300 g/mol. The van der Waals surface area contributed by atoms with Gasteiger partial charge in [-0.25, -0.2) is 17.9 Å². The predicted molar refractivity (Wildman–Crippen MR) is 73.5 cm³/mol. The highest BCUT2D eigenvalue weighted by Gasteiger charge is 2.23. The summed E-state index contributed by atoms with van der Waals surface area (Å²) in [5.74, 6) is -1.95. The highest BCUT2D eigenvalue weighted by atomic mass is 32.2. The molecule has 0 radical (unpaired) electrons. The number of carboxylic acid groups (broad SMARTS) is 1. The predicted octanol–water partition coefficient (Wildman–Crippen LogP) is -0.0644. The Morgan fingerprint density at radius 2 is 2.05 bits per heavy atom. The molecule has 0 aliphatic heterocycles. The third kappa shape index (κ3) is 4.43. The Bertz CT molecular complexity index is 656. The van der Waals surface area contributed by atoms with E-state index in [0.717, 1.165) is 18.2 Å². The van der Waals surface area contributed by atoms with Crippen LogP contribution in [0.4, 0.5) is 0 Å². The van der Waals surface area contributed by atoms with E-state index in [4.69, 9.17) is 15.6 Å². The summed E-state index contributed by atoms with van der Waals surface area (Å²) in [6.45, 7) is 1.49. The van der Waals surface area contributed by atoms with Crippen LogP contribution in [0.2, 0.25) is 0 Å². The molecule has 0 aliphatic carbocycles. The number of carboxylic acids is 1. The van der Waals surface area contributed by atoms with Crippen molar-refractivity contribution in [1.29, 1.82) is 0 Å². The number of methoxy groups -OCH3 is 1. The molecule has 0 saturated carbocycles. The van der Waals surface area contributed by atoms with Crippen LogP contribution in [0.3, 0.4) is 0 Å². The molecular formula is C12H16N2O6S. The van der Waals surface area contributed by atoms with E-state index in [2.05, 4.69) is 4.72 Å². The molecule has 8 nitrogen and oxygen atoms in total. The lowest BCUT2D eigenvalue weighted by Crippen LogP contribution is -2.35. The van der Waals surface area contributed by atoms with Gasteiger partial charge in [0.25, 0.3) is 0 Å². The van der Waals surface area contributed by atoms with Crippen molar-refractivity contribution in [3.8, 4) is 5.75 Å². The maximum Gasteiger partial charge on any atom is 0.335 e. The maximum absolute atomic E-state index is 12.2. The van der Waals surface area contributed by atoms with Gasteiger partial charge in [-0.1, -0.05) is 0 Å². The summed E-state index contributed by atoms with van der Waals surface area (Å²) < 4.78 is 31.6. The van der Waals surface area contributed by atoms with E-state index in [-0.39, 0.29) is 22.6 Å². The second-order valence-corrected chi connectivity index (χ2v) is 6.05. The molecule has 0 aliphatic rings. The lowest BCUT2D eigenvalue weighted by Gasteiger charge is -2.15. The summed E-state index contributed by atoms with van der Waals surface area (Å²) in [4.78, 5) is 21.4. The van der Waals surface area contributed by atoms with Crippen LogP contribution in [0, 0.1) is 0 Å². The minimum atomic E-state index is -3.97. The van der Waals surface area contributed by atoms with Gasteiger partial charge < -0.3 is 15.6 Å². The number of ether oxygens (including phenoxy) is 1. The van der Waals surface area contributed by atoms with E-state index in [0.29, 0.717) is 0 Å². The monoisotopic (exact) mass is 316 g/mol. The van der Waals surface area contributed by atoms with Gasteiger partial charge >= 0.3 is 5.97 Å². The quantitative estimate of drug-likeness (QED) is 0.644. The van der Waals surface area contributed by atoms with E-state index in [1.54, 1.807) is 0 Å². The highest BCUT2D eigenvalue weighted by molar-refractivity contribution is 7.89. The number of carbonyl (C=O) groups excluding carboxylic acids is 1. The van der Waals surface area contributed by atoms with Crippen LogP contribution in [0.15, 0.2) is 23.1 Å². The highest BCUT2D eigenvalue weighted by Crippen LogP contribution is 2.25. The molecule has 0 aromatic heterocycles. The van der Waals surface area contributed by atoms with Crippen molar-refractivity contribution >= 4 is 21.9 Å². The van der Waals surface area contributed by atoms with Crippen LogP contribution < -0.4 is 15.2 Å². The zero-order valence-electron chi connectivity index (χ0n) is 11.5. The second kappa shape index (κ2) is 6.55. The van der Waals surface area contributed by atoms with Gasteiger partial charge in [0.2, 0.25) is 15.9 Å². The van der Waals surface area contributed by atoms with Gasteiger partial charge in [0.05, 0.1) is 12.7 Å². The van der Waals surface area contributed by atoms with Gasteiger partial charge in [-0.3, -0.25) is 4.79 Å². The molecule has 0 bridgehead atoms. The van der Waals surface area contributed by atoms with Gasteiger partial charge in [0.1, 0.15) is 10.6 Å². The Morgan fingerprint density at radius 3 is 2.52 bits per heavy atom. The number of nitrogens with one attached hydrogen (secondary N) is 1. The van der Waals surface area contributed by atoms with Crippen molar-refractivity contribution in [3.63, 3.8) is 0 Å². The molecule has 0 saturated heterocycles. The number of rotatable bonds is 7. The molecule has 0 spiro atoms. The summed E-state index contributed by atoms with van der Waals surface area (Å²) >= 11 is 0.